The number of carbonyl (C=O) groups is 1. The molecule has 0 amide bonds. The molecule has 5 nitrogen and oxygen atoms in total. The first-order valence-corrected chi connectivity index (χ1v) is 6.34. The van der Waals surface area contributed by atoms with E-state index in [-0.39, 0.29) is 5.78 Å². The summed E-state index contributed by atoms with van der Waals surface area (Å²) in [5.41, 5.74) is 2.05. The fourth-order valence-corrected chi connectivity index (χ4v) is 2.08. The highest BCUT2D eigenvalue weighted by Crippen LogP contribution is 2.17. The number of carbonyl (C=O) groups excluding carboxylic acids is 1. The molecule has 2 rings (SSSR count). The van der Waals surface area contributed by atoms with Gasteiger partial charge in [-0.05, 0) is 26.0 Å². The molecule has 0 unspecified atom stereocenters. The van der Waals surface area contributed by atoms with Crippen molar-refractivity contribution in [1.82, 2.24) is 19.6 Å². The largest absolute Gasteiger partial charge is 0.289 e. The Balaban J connectivity index is 2.25. The summed E-state index contributed by atoms with van der Waals surface area (Å²) in [5, 5.41) is 8.79. The topological polar surface area (TPSA) is 52.7 Å². The number of halogens is 1. The average molecular weight is 279 g/mol. The number of aryl methyl sites for hydroxylation is 3. The Labute approximate surface area is 116 Å². The second kappa shape index (κ2) is 5.40. The third-order valence-corrected chi connectivity index (χ3v) is 3.10. The fourth-order valence-electron chi connectivity index (χ4n) is 1.88. The van der Waals surface area contributed by atoms with E-state index in [4.69, 9.17) is 11.6 Å². The molecular weight excluding hydrogens is 264 g/mol. The van der Waals surface area contributed by atoms with Crippen LogP contribution in [0, 0.1) is 6.92 Å². The standard InChI is InChI=1S/C13H15ClN4O/c1-4-18-12(11(14)7-15-18)5-6-13(19)10-8-17(3)16-9(10)2/h5-8H,4H2,1-3H3/b6-5+. The molecule has 0 aliphatic carbocycles. The lowest BCUT2D eigenvalue weighted by atomic mass is 10.1. The van der Waals surface area contributed by atoms with Crippen molar-refractivity contribution in [3.8, 4) is 0 Å². The zero-order chi connectivity index (χ0) is 14.0. The Morgan fingerprint density at radius 3 is 2.84 bits per heavy atom. The van der Waals surface area contributed by atoms with E-state index in [0.29, 0.717) is 22.8 Å². The molecule has 2 aromatic heterocycles. The third-order valence-electron chi connectivity index (χ3n) is 2.80. The number of hydrogen-bond acceptors (Lipinski definition) is 3. The maximum Gasteiger partial charge on any atom is 0.189 e. The molecule has 6 heteroatoms. The second-order valence-electron chi connectivity index (χ2n) is 4.19. The van der Waals surface area contributed by atoms with Crippen molar-refractivity contribution in [2.45, 2.75) is 20.4 Å². The van der Waals surface area contributed by atoms with Gasteiger partial charge in [-0.2, -0.15) is 10.2 Å². The van der Waals surface area contributed by atoms with Crippen LogP contribution in [-0.4, -0.2) is 25.3 Å². The van der Waals surface area contributed by atoms with Crippen LogP contribution in [-0.2, 0) is 13.6 Å². The third kappa shape index (κ3) is 2.76. The Hall–Kier alpha value is -1.88. The van der Waals surface area contributed by atoms with Gasteiger partial charge >= 0.3 is 0 Å². The van der Waals surface area contributed by atoms with Crippen LogP contribution in [0.4, 0.5) is 0 Å². The predicted molar refractivity (Wildman–Crippen MR) is 74.2 cm³/mol. The van der Waals surface area contributed by atoms with Crippen LogP contribution in [0.2, 0.25) is 5.02 Å². The van der Waals surface area contributed by atoms with Crippen LogP contribution in [0.3, 0.4) is 0 Å². The van der Waals surface area contributed by atoms with Crippen molar-refractivity contribution in [3.05, 3.63) is 40.4 Å². The molecule has 0 aliphatic heterocycles. The fraction of sp³-hybridized carbons (Fsp3) is 0.308. The first-order chi connectivity index (χ1) is 9.02. The average Bonchev–Trinajstić information content (AvgIpc) is 2.89. The van der Waals surface area contributed by atoms with E-state index in [1.54, 1.807) is 34.9 Å². The second-order valence-corrected chi connectivity index (χ2v) is 4.60. The van der Waals surface area contributed by atoms with Gasteiger partial charge in [-0.25, -0.2) is 0 Å². The Morgan fingerprint density at radius 1 is 1.53 bits per heavy atom. The maximum absolute atomic E-state index is 12.1. The Bertz CT molecular complexity index is 639. The van der Waals surface area contributed by atoms with Gasteiger partial charge in [0.1, 0.15) is 0 Å². The summed E-state index contributed by atoms with van der Waals surface area (Å²) >= 11 is 6.03. The van der Waals surface area contributed by atoms with Crippen molar-refractivity contribution in [2.75, 3.05) is 0 Å². The molecule has 0 saturated carbocycles. The molecule has 19 heavy (non-hydrogen) atoms. The van der Waals surface area contributed by atoms with Gasteiger partial charge in [0.05, 0.1) is 28.2 Å². The molecular formula is C13H15ClN4O. The molecule has 2 aromatic rings. The highest BCUT2D eigenvalue weighted by Gasteiger charge is 2.10. The molecule has 0 fully saturated rings. The number of nitrogens with zero attached hydrogens (tertiary/aromatic N) is 4. The number of ketones is 1. The van der Waals surface area contributed by atoms with Crippen molar-refractivity contribution >= 4 is 23.5 Å². The normalized spacial score (nSPS) is 11.4. The van der Waals surface area contributed by atoms with Crippen LogP contribution in [0.1, 0.15) is 28.7 Å². The smallest absolute Gasteiger partial charge is 0.189 e. The lowest BCUT2D eigenvalue weighted by Gasteiger charge is -1.99. The van der Waals surface area contributed by atoms with Crippen LogP contribution in [0.15, 0.2) is 18.5 Å². The molecule has 0 aromatic carbocycles. The summed E-state index contributed by atoms with van der Waals surface area (Å²) in [4.78, 5) is 12.1. The minimum absolute atomic E-state index is 0.0921. The number of rotatable bonds is 4. The molecule has 0 radical (unpaired) electrons. The Kier molecular flexibility index (Phi) is 3.85. The van der Waals surface area contributed by atoms with E-state index < -0.39 is 0 Å². The molecule has 0 saturated heterocycles. The van der Waals surface area contributed by atoms with E-state index in [0.717, 1.165) is 5.69 Å². The maximum atomic E-state index is 12.1. The molecule has 0 bridgehead atoms. The van der Waals surface area contributed by atoms with Gasteiger partial charge in [-0.3, -0.25) is 14.2 Å². The van der Waals surface area contributed by atoms with Gasteiger partial charge in [-0.1, -0.05) is 11.6 Å². The first-order valence-electron chi connectivity index (χ1n) is 5.97. The van der Waals surface area contributed by atoms with E-state index in [1.165, 1.54) is 6.08 Å². The highest BCUT2D eigenvalue weighted by molar-refractivity contribution is 6.31. The minimum Gasteiger partial charge on any atom is -0.289 e. The SMILES string of the molecule is CCn1ncc(Cl)c1/C=C/C(=O)c1cn(C)nc1C. The van der Waals surface area contributed by atoms with E-state index in [9.17, 15) is 4.79 Å². The van der Waals surface area contributed by atoms with Gasteiger partial charge < -0.3 is 0 Å². The lowest BCUT2D eigenvalue weighted by molar-refractivity contribution is 0.104. The summed E-state index contributed by atoms with van der Waals surface area (Å²) in [6.45, 7) is 4.48. The summed E-state index contributed by atoms with van der Waals surface area (Å²) in [5.74, 6) is -0.0921. The molecule has 2 heterocycles. The van der Waals surface area contributed by atoms with Crippen LogP contribution in [0.25, 0.3) is 6.08 Å². The van der Waals surface area contributed by atoms with E-state index in [1.807, 2.05) is 13.8 Å². The van der Waals surface area contributed by atoms with Gasteiger partial charge in [0.15, 0.2) is 5.78 Å². The predicted octanol–water partition coefficient (Wildman–Crippen LogP) is 2.49. The zero-order valence-electron chi connectivity index (χ0n) is 11.1. The van der Waals surface area contributed by atoms with Crippen molar-refractivity contribution < 1.29 is 4.79 Å². The zero-order valence-corrected chi connectivity index (χ0v) is 11.8. The molecule has 100 valence electrons. The van der Waals surface area contributed by atoms with Gasteiger partial charge in [0.2, 0.25) is 0 Å². The highest BCUT2D eigenvalue weighted by atomic mass is 35.5. The Morgan fingerprint density at radius 2 is 2.26 bits per heavy atom. The summed E-state index contributed by atoms with van der Waals surface area (Å²) in [7, 11) is 1.79. The summed E-state index contributed by atoms with van der Waals surface area (Å²) in [6.07, 6.45) is 6.47. The minimum atomic E-state index is -0.0921. The molecule has 0 spiro atoms. The molecule has 0 aliphatic rings. The van der Waals surface area contributed by atoms with Gasteiger partial charge in [0, 0.05) is 19.8 Å². The quantitative estimate of drug-likeness (QED) is 0.638. The van der Waals surface area contributed by atoms with Crippen molar-refractivity contribution in [1.29, 1.82) is 0 Å². The summed E-state index contributed by atoms with van der Waals surface area (Å²) in [6, 6.07) is 0. The summed E-state index contributed by atoms with van der Waals surface area (Å²) < 4.78 is 3.36. The number of allylic oxidation sites excluding steroid dienone is 1. The van der Waals surface area contributed by atoms with Gasteiger partial charge in [-0.15, -0.1) is 0 Å². The van der Waals surface area contributed by atoms with Crippen LogP contribution < -0.4 is 0 Å². The van der Waals surface area contributed by atoms with Gasteiger partial charge in [0.25, 0.3) is 0 Å². The van der Waals surface area contributed by atoms with Crippen molar-refractivity contribution in [3.63, 3.8) is 0 Å². The lowest BCUT2D eigenvalue weighted by Crippen LogP contribution is -2.00. The van der Waals surface area contributed by atoms with Crippen LogP contribution in [0.5, 0.6) is 0 Å². The molecule has 0 N–H and O–H groups in total. The van der Waals surface area contributed by atoms with E-state index in [2.05, 4.69) is 10.2 Å². The first kappa shape index (κ1) is 13.5. The van der Waals surface area contributed by atoms with Crippen LogP contribution >= 0.6 is 11.6 Å². The molecule has 0 atom stereocenters. The monoisotopic (exact) mass is 278 g/mol. The number of aromatic nitrogens is 4. The van der Waals surface area contributed by atoms with Crippen molar-refractivity contribution in [2.24, 2.45) is 7.05 Å². The van der Waals surface area contributed by atoms with E-state index >= 15 is 0 Å². The number of hydrogen-bond donors (Lipinski definition) is 0.